The molecule has 1 aromatic carbocycles. The summed E-state index contributed by atoms with van der Waals surface area (Å²) in [6.07, 6.45) is 1.64. The molecule has 156 valence electrons. The number of hydrogen-bond acceptors (Lipinski definition) is 8. The number of carbonyl (C=O) groups is 1. The molecule has 0 bridgehead atoms. The lowest BCUT2D eigenvalue weighted by Gasteiger charge is -2.31. The second kappa shape index (κ2) is 8.72. The molecule has 1 fully saturated rings. The van der Waals surface area contributed by atoms with Gasteiger partial charge in [0.25, 0.3) is 5.69 Å². The van der Waals surface area contributed by atoms with Crippen molar-refractivity contribution in [1.29, 1.82) is 0 Å². The van der Waals surface area contributed by atoms with Gasteiger partial charge in [0, 0.05) is 12.6 Å². The molecule has 1 saturated heterocycles. The molecule has 3 aromatic rings. The van der Waals surface area contributed by atoms with Gasteiger partial charge < -0.3 is 9.84 Å². The van der Waals surface area contributed by atoms with Crippen LogP contribution in [0.1, 0.15) is 24.3 Å². The molecule has 1 aliphatic rings. The number of nitrogens with zero attached hydrogens (tertiary/aromatic N) is 4. The van der Waals surface area contributed by atoms with E-state index < -0.39 is 4.92 Å². The quantitative estimate of drug-likeness (QED) is 0.469. The Morgan fingerprint density at radius 3 is 3.03 bits per heavy atom. The van der Waals surface area contributed by atoms with Gasteiger partial charge in [-0.25, -0.2) is 0 Å². The average molecular weight is 427 g/mol. The monoisotopic (exact) mass is 427 g/mol. The average Bonchev–Trinajstić information content (AvgIpc) is 3.41. The Kier molecular flexibility index (Phi) is 5.86. The first-order valence-electron chi connectivity index (χ1n) is 9.65. The predicted octanol–water partition coefficient (Wildman–Crippen LogP) is 3.87. The molecule has 0 spiro atoms. The molecule has 1 atom stereocenters. The largest absolute Gasteiger partial charge is 0.338 e. The molecule has 3 heterocycles. The molecule has 1 aliphatic heterocycles. The molecule has 30 heavy (non-hydrogen) atoms. The second-order valence-corrected chi connectivity index (χ2v) is 8.21. The molecule has 1 N–H and O–H groups in total. The molecule has 4 rings (SSSR count). The topological polar surface area (TPSA) is 114 Å². The van der Waals surface area contributed by atoms with Crippen molar-refractivity contribution in [2.75, 3.05) is 18.4 Å². The number of carbonyl (C=O) groups excluding carboxylic acids is 1. The van der Waals surface area contributed by atoms with Gasteiger partial charge in [-0.15, -0.1) is 11.3 Å². The molecule has 9 nitrogen and oxygen atoms in total. The standard InChI is InChI=1S/C20H21N5O4S/c1-13-15(6-2-7-16(13)25(27)28)21-20(26)14-5-3-9-24(11-14)12-18-22-19(23-29-18)17-8-4-10-30-17/h2,4,6-8,10,14H,3,5,9,11-12H2,1H3,(H,21,26). The molecule has 2 aromatic heterocycles. The normalized spacial score (nSPS) is 17.0. The van der Waals surface area contributed by atoms with Gasteiger partial charge in [-0.3, -0.25) is 19.8 Å². The zero-order valence-corrected chi connectivity index (χ0v) is 17.2. The second-order valence-electron chi connectivity index (χ2n) is 7.26. The summed E-state index contributed by atoms with van der Waals surface area (Å²) in [4.78, 5) is 31.0. The summed E-state index contributed by atoms with van der Waals surface area (Å²) in [5, 5.41) is 20.0. The summed E-state index contributed by atoms with van der Waals surface area (Å²) >= 11 is 1.55. The maximum absolute atomic E-state index is 12.8. The van der Waals surface area contributed by atoms with E-state index in [1.807, 2.05) is 17.5 Å². The number of benzene rings is 1. The fraction of sp³-hybridized carbons (Fsp3) is 0.350. The highest BCUT2D eigenvalue weighted by Crippen LogP contribution is 2.27. The number of nitro benzene ring substituents is 1. The van der Waals surface area contributed by atoms with Crippen LogP contribution >= 0.6 is 11.3 Å². The first-order valence-corrected chi connectivity index (χ1v) is 10.5. The number of nitro groups is 1. The first-order chi connectivity index (χ1) is 14.5. The third kappa shape index (κ3) is 4.39. The van der Waals surface area contributed by atoms with Gasteiger partial charge in [-0.2, -0.15) is 4.98 Å². The fourth-order valence-corrected chi connectivity index (χ4v) is 4.27. The third-order valence-corrected chi connectivity index (χ3v) is 6.07. The highest BCUT2D eigenvalue weighted by molar-refractivity contribution is 7.13. The van der Waals surface area contributed by atoms with Crippen molar-refractivity contribution in [3.05, 3.63) is 57.3 Å². The summed E-state index contributed by atoms with van der Waals surface area (Å²) in [6.45, 7) is 3.53. The van der Waals surface area contributed by atoms with Gasteiger partial charge in [0.2, 0.25) is 17.6 Å². The minimum Gasteiger partial charge on any atom is -0.338 e. The summed E-state index contributed by atoms with van der Waals surface area (Å²) in [5.74, 6) is 0.756. The van der Waals surface area contributed by atoms with Gasteiger partial charge in [-0.1, -0.05) is 17.3 Å². The molecule has 10 heteroatoms. The van der Waals surface area contributed by atoms with Gasteiger partial charge in [0.15, 0.2) is 0 Å². The Hall–Kier alpha value is -3.11. The van der Waals surface area contributed by atoms with Crippen LogP contribution in [0.4, 0.5) is 11.4 Å². The summed E-state index contributed by atoms with van der Waals surface area (Å²) < 4.78 is 5.37. The van der Waals surface area contributed by atoms with Crippen LogP contribution in [0, 0.1) is 23.0 Å². The van der Waals surface area contributed by atoms with Crippen LogP contribution in [0.25, 0.3) is 10.7 Å². The van der Waals surface area contributed by atoms with Crippen LogP contribution in [0.2, 0.25) is 0 Å². The van der Waals surface area contributed by atoms with Crippen molar-refractivity contribution in [1.82, 2.24) is 15.0 Å². The minimum atomic E-state index is -0.442. The zero-order valence-electron chi connectivity index (χ0n) is 16.4. The molecule has 0 aliphatic carbocycles. The van der Waals surface area contributed by atoms with E-state index in [9.17, 15) is 14.9 Å². The van der Waals surface area contributed by atoms with Gasteiger partial charge in [-0.05, 0) is 43.8 Å². The smallest absolute Gasteiger partial charge is 0.274 e. The van der Waals surface area contributed by atoms with Crippen LogP contribution in [0.15, 0.2) is 40.2 Å². The predicted molar refractivity (Wildman–Crippen MR) is 112 cm³/mol. The number of hydrogen-bond donors (Lipinski definition) is 1. The fourth-order valence-electron chi connectivity index (χ4n) is 3.62. The van der Waals surface area contributed by atoms with Crippen molar-refractivity contribution in [3.8, 4) is 10.7 Å². The maximum Gasteiger partial charge on any atom is 0.274 e. The number of likely N-dealkylation sites (tertiary alicyclic amines) is 1. The number of aromatic nitrogens is 2. The van der Waals surface area contributed by atoms with Crippen molar-refractivity contribution in [2.45, 2.75) is 26.3 Å². The zero-order chi connectivity index (χ0) is 21.1. The number of anilines is 1. The third-order valence-electron chi connectivity index (χ3n) is 5.20. The summed E-state index contributed by atoms with van der Waals surface area (Å²) in [7, 11) is 0. The lowest BCUT2D eigenvalue weighted by Crippen LogP contribution is -2.40. The van der Waals surface area contributed by atoms with E-state index in [-0.39, 0.29) is 17.5 Å². The van der Waals surface area contributed by atoms with Crippen molar-refractivity contribution in [3.63, 3.8) is 0 Å². The van der Waals surface area contributed by atoms with Crippen LogP contribution in [-0.2, 0) is 11.3 Å². The summed E-state index contributed by atoms with van der Waals surface area (Å²) in [5.41, 5.74) is 0.926. The maximum atomic E-state index is 12.8. The number of piperidine rings is 1. The first kappa shape index (κ1) is 20.2. The van der Waals surface area contributed by atoms with E-state index in [4.69, 9.17) is 4.52 Å². The number of amides is 1. The molecule has 0 radical (unpaired) electrons. The Bertz CT molecular complexity index is 1050. The van der Waals surface area contributed by atoms with Crippen LogP contribution < -0.4 is 5.32 Å². The lowest BCUT2D eigenvalue weighted by atomic mass is 9.97. The lowest BCUT2D eigenvalue weighted by molar-refractivity contribution is -0.385. The van der Waals surface area contributed by atoms with E-state index in [0.29, 0.717) is 36.1 Å². The Morgan fingerprint density at radius 1 is 1.40 bits per heavy atom. The molecule has 1 amide bonds. The highest BCUT2D eigenvalue weighted by atomic mass is 32.1. The van der Waals surface area contributed by atoms with Crippen molar-refractivity contribution < 1.29 is 14.2 Å². The van der Waals surface area contributed by atoms with Crippen LogP contribution in [-0.4, -0.2) is 39.0 Å². The van der Waals surface area contributed by atoms with E-state index in [1.165, 1.54) is 6.07 Å². The van der Waals surface area contributed by atoms with Crippen LogP contribution in [0.5, 0.6) is 0 Å². The van der Waals surface area contributed by atoms with E-state index in [2.05, 4.69) is 20.4 Å². The van der Waals surface area contributed by atoms with Crippen LogP contribution in [0.3, 0.4) is 0 Å². The van der Waals surface area contributed by atoms with Crippen molar-refractivity contribution >= 4 is 28.6 Å². The van der Waals surface area contributed by atoms with E-state index >= 15 is 0 Å². The molecular formula is C20H21N5O4S. The SMILES string of the molecule is Cc1c(NC(=O)C2CCCN(Cc3nc(-c4cccs4)no3)C2)cccc1[N+](=O)[O-]. The van der Waals surface area contributed by atoms with Crippen molar-refractivity contribution in [2.24, 2.45) is 5.92 Å². The molecular weight excluding hydrogens is 406 g/mol. The Morgan fingerprint density at radius 2 is 2.27 bits per heavy atom. The molecule has 0 saturated carbocycles. The Balaban J connectivity index is 1.39. The van der Waals surface area contributed by atoms with Gasteiger partial charge in [0.05, 0.1) is 33.5 Å². The minimum absolute atomic E-state index is 0.00370. The molecule has 1 unspecified atom stereocenters. The van der Waals surface area contributed by atoms with Gasteiger partial charge >= 0.3 is 0 Å². The van der Waals surface area contributed by atoms with Gasteiger partial charge in [0.1, 0.15) is 0 Å². The number of nitrogens with one attached hydrogen (secondary N) is 1. The number of rotatable bonds is 6. The highest BCUT2D eigenvalue weighted by Gasteiger charge is 2.28. The number of thiophene rings is 1. The van der Waals surface area contributed by atoms with E-state index in [1.54, 1.807) is 30.4 Å². The summed E-state index contributed by atoms with van der Waals surface area (Å²) in [6, 6.07) is 8.58. The van der Waals surface area contributed by atoms with E-state index in [0.717, 1.165) is 24.3 Å². The Labute approximate surface area is 176 Å².